The van der Waals surface area contributed by atoms with Crippen LogP contribution in [0, 0.1) is 6.92 Å². The van der Waals surface area contributed by atoms with Gasteiger partial charge >= 0.3 is 0 Å². The first kappa shape index (κ1) is 16.3. The van der Waals surface area contributed by atoms with Crippen LogP contribution in [-0.2, 0) is 4.79 Å². The lowest BCUT2D eigenvalue weighted by Crippen LogP contribution is -2.32. The molecule has 0 spiro atoms. The molecule has 2 aliphatic rings. The Balaban J connectivity index is 1.89. The van der Waals surface area contributed by atoms with Gasteiger partial charge in [-0.3, -0.25) is 9.69 Å². The average molecular weight is 343 g/mol. The molecule has 2 heterocycles. The Bertz CT molecular complexity index is 970. The first-order valence-corrected chi connectivity index (χ1v) is 8.85. The number of fused-ring (bicyclic) bond motifs is 1. The predicted octanol–water partition coefficient (Wildman–Crippen LogP) is 4.52. The van der Waals surface area contributed by atoms with Gasteiger partial charge in [0.25, 0.3) is 5.91 Å². The molecule has 4 heteroatoms. The van der Waals surface area contributed by atoms with E-state index < -0.39 is 0 Å². The maximum atomic E-state index is 12.7. The smallest absolute Gasteiger partial charge is 0.297 e. The number of carbonyl (C=O) groups excluding carboxylic acids is 1. The number of nitrogens with zero attached hydrogens (tertiary/aromatic N) is 3. The van der Waals surface area contributed by atoms with Crippen molar-refractivity contribution in [1.82, 2.24) is 0 Å². The molecule has 4 rings (SSSR count). The molecular formula is C22H21N3O. The number of allylic oxidation sites excluding steroid dienone is 1. The summed E-state index contributed by atoms with van der Waals surface area (Å²) in [5, 5.41) is 0. The van der Waals surface area contributed by atoms with Crippen LogP contribution in [0.1, 0.15) is 25.0 Å². The minimum absolute atomic E-state index is 0.194. The Labute approximate surface area is 153 Å². The number of para-hydroxylation sites is 1. The minimum Gasteiger partial charge on any atom is -0.339 e. The number of hydrogen-bond acceptors (Lipinski definition) is 3. The summed E-state index contributed by atoms with van der Waals surface area (Å²) in [5.74, 6) is 0.503. The fourth-order valence-electron chi connectivity index (χ4n) is 3.61. The highest BCUT2D eigenvalue weighted by molar-refractivity contribution is 6.21. The summed E-state index contributed by atoms with van der Waals surface area (Å²) in [6.07, 6.45) is 4.11. The Kier molecular flexibility index (Phi) is 3.96. The number of likely N-dealkylation sites (N-methyl/N-ethyl adjacent to an activating group) is 1. The van der Waals surface area contributed by atoms with Crippen molar-refractivity contribution < 1.29 is 4.79 Å². The van der Waals surface area contributed by atoms with Crippen LogP contribution in [0.4, 0.5) is 11.4 Å². The third kappa shape index (κ3) is 2.54. The number of aryl methyl sites for hydroxylation is 1. The van der Waals surface area contributed by atoms with E-state index in [1.807, 2.05) is 48.2 Å². The van der Waals surface area contributed by atoms with Gasteiger partial charge in [-0.1, -0.05) is 35.9 Å². The lowest BCUT2D eigenvalue weighted by Gasteiger charge is -2.32. The molecule has 2 aromatic carbocycles. The Hall–Kier alpha value is -3.14. The van der Waals surface area contributed by atoms with E-state index in [1.54, 1.807) is 0 Å². The molecule has 0 radical (unpaired) electrons. The van der Waals surface area contributed by atoms with E-state index in [1.165, 1.54) is 11.1 Å². The molecule has 0 unspecified atom stereocenters. The molecule has 0 fully saturated rings. The number of anilines is 2. The van der Waals surface area contributed by atoms with Gasteiger partial charge in [-0.15, -0.1) is 0 Å². The predicted molar refractivity (Wildman–Crippen MR) is 107 cm³/mol. The van der Waals surface area contributed by atoms with Crippen molar-refractivity contribution in [2.75, 3.05) is 16.3 Å². The van der Waals surface area contributed by atoms with Gasteiger partial charge in [0, 0.05) is 17.9 Å². The van der Waals surface area contributed by atoms with Crippen molar-refractivity contribution in [3.05, 3.63) is 77.1 Å². The van der Waals surface area contributed by atoms with Crippen molar-refractivity contribution >= 4 is 29.2 Å². The SMILES string of the molecule is CCN1/C(=C2\C(=O)N=C(C)N2c2ccccc2)C=Cc2cc(C)ccc21. The zero-order valence-corrected chi connectivity index (χ0v) is 15.2. The van der Waals surface area contributed by atoms with E-state index in [0.29, 0.717) is 11.5 Å². The van der Waals surface area contributed by atoms with Gasteiger partial charge in [-0.05, 0) is 56.7 Å². The second kappa shape index (κ2) is 6.30. The molecular weight excluding hydrogens is 322 g/mol. The molecule has 0 aromatic heterocycles. The molecule has 4 nitrogen and oxygen atoms in total. The molecule has 0 saturated carbocycles. The summed E-state index contributed by atoms with van der Waals surface area (Å²) in [6.45, 7) is 6.84. The summed E-state index contributed by atoms with van der Waals surface area (Å²) in [4.78, 5) is 21.1. The molecule has 0 aliphatic carbocycles. The first-order chi connectivity index (χ1) is 12.6. The van der Waals surface area contributed by atoms with Crippen molar-refractivity contribution in [1.29, 1.82) is 0 Å². The molecule has 2 aliphatic heterocycles. The number of amides is 1. The quantitative estimate of drug-likeness (QED) is 0.752. The molecule has 2 aromatic rings. The van der Waals surface area contributed by atoms with E-state index in [2.05, 4.69) is 48.0 Å². The van der Waals surface area contributed by atoms with Crippen LogP contribution in [0.5, 0.6) is 0 Å². The van der Waals surface area contributed by atoms with Crippen molar-refractivity contribution in [3.63, 3.8) is 0 Å². The van der Waals surface area contributed by atoms with Crippen LogP contribution in [-0.4, -0.2) is 18.3 Å². The summed E-state index contributed by atoms with van der Waals surface area (Å²) in [6, 6.07) is 16.3. The molecule has 0 N–H and O–H groups in total. The van der Waals surface area contributed by atoms with Crippen LogP contribution < -0.4 is 9.80 Å². The highest BCUT2D eigenvalue weighted by Gasteiger charge is 2.33. The number of carbonyl (C=O) groups is 1. The fourth-order valence-corrected chi connectivity index (χ4v) is 3.61. The topological polar surface area (TPSA) is 35.9 Å². The first-order valence-electron chi connectivity index (χ1n) is 8.85. The van der Waals surface area contributed by atoms with Crippen LogP contribution in [0.25, 0.3) is 6.08 Å². The van der Waals surface area contributed by atoms with Crippen LogP contribution in [0.3, 0.4) is 0 Å². The number of amidine groups is 1. The molecule has 0 saturated heterocycles. The highest BCUT2D eigenvalue weighted by Crippen LogP contribution is 2.36. The standard InChI is InChI=1S/C22H21N3O/c1-4-24-19-12-10-15(2)14-17(19)11-13-20(24)21-22(26)23-16(3)25(21)18-8-6-5-7-9-18/h5-14H,4H2,1-3H3/b21-20+. The third-order valence-electron chi connectivity index (χ3n) is 4.77. The average Bonchev–Trinajstić information content (AvgIpc) is 2.95. The Morgan fingerprint density at radius 3 is 2.50 bits per heavy atom. The van der Waals surface area contributed by atoms with E-state index in [4.69, 9.17) is 0 Å². The van der Waals surface area contributed by atoms with Crippen molar-refractivity contribution in [3.8, 4) is 0 Å². The second-order valence-corrected chi connectivity index (χ2v) is 6.51. The summed E-state index contributed by atoms with van der Waals surface area (Å²) in [7, 11) is 0. The summed E-state index contributed by atoms with van der Waals surface area (Å²) < 4.78 is 0. The lowest BCUT2D eigenvalue weighted by molar-refractivity contribution is -0.114. The van der Waals surface area contributed by atoms with E-state index in [9.17, 15) is 4.79 Å². The van der Waals surface area contributed by atoms with Gasteiger partial charge in [0.05, 0.1) is 5.70 Å². The van der Waals surface area contributed by atoms with Gasteiger partial charge in [-0.2, -0.15) is 4.99 Å². The molecule has 26 heavy (non-hydrogen) atoms. The maximum Gasteiger partial charge on any atom is 0.297 e. The van der Waals surface area contributed by atoms with Gasteiger partial charge in [0.1, 0.15) is 11.5 Å². The maximum absolute atomic E-state index is 12.7. The molecule has 0 bridgehead atoms. The van der Waals surface area contributed by atoms with Crippen LogP contribution in [0.2, 0.25) is 0 Å². The molecule has 0 atom stereocenters. The highest BCUT2D eigenvalue weighted by atomic mass is 16.2. The minimum atomic E-state index is -0.194. The number of rotatable bonds is 2. The van der Waals surface area contributed by atoms with E-state index in [-0.39, 0.29) is 5.91 Å². The molecule has 130 valence electrons. The monoisotopic (exact) mass is 343 g/mol. The lowest BCUT2D eigenvalue weighted by atomic mass is 10.0. The number of aliphatic imine (C=N–C) groups is 1. The second-order valence-electron chi connectivity index (χ2n) is 6.51. The third-order valence-corrected chi connectivity index (χ3v) is 4.77. The summed E-state index contributed by atoms with van der Waals surface area (Å²) >= 11 is 0. The van der Waals surface area contributed by atoms with Crippen molar-refractivity contribution in [2.24, 2.45) is 4.99 Å². The molecule has 1 amide bonds. The van der Waals surface area contributed by atoms with Gasteiger partial charge in [-0.25, -0.2) is 0 Å². The number of benzene rings is 2. The normalized spacial score (nSPS) is 19.0. The number of hydrogen-bond donors (Lipinski definition) is 0. The van der Waals surface area contributed by atoms with E-state index >= 15 is 0 Å². The van der Waals surface area contributed by atoms with E-state index in [0.717, 1.165) is 23.6 Å². The zero-order valence-electron chi connectivity index (χ0n) is 15.2. The van der Waals surface area contributed by atoms with Gasteiger partial charge in [0.15, 0.2) is 0 Å². The van der Waals surface area contributed by atoms with Crippen molar-refractivity contribution in [2.45, 2.75) is 20.8 Å². The van der Waals surface area contributed by atoms with Crippen LogP contribution >= 0.6 is 0 Å². The fraction of sp³-hybridized carbons (Fsp3) is 0.182. The zero-order chi connectivity index (χ0) is 18.3. The summed E-state index contributed by atoms with van der Waals surface area (Å²) in [5.41, 5.74) is 5.96. The van der Waals surface area contributed by atoms with Crippen LogP contribution in [0.15, 0.2) is 71.0 Å². The Morgan fingerprint density at radius 2 is 1.77 bits per heavy atom. The Morgan fingerprint density at radius 1 is 1.00 bits per heavy atom. The largest absolute Gasteiger partial charge is 0.339 e. The van der Waals surface area contributed by atoms with Gasteiger partial charge in [0.2, 0.25) is 0 Å². The van der Waals surface area contributed by atoms with Gasteiger partial charge < -0.3 is 4.90 Å².